The molecular formula is C16H13ClFN3O4. The van der Waals surface area contributed by atoms with Gasteiger partial charge in [0.05, 0.1) is 11.5 Å². The van der Waals surface area contributed by atoms with Crippen LogP contribution in [-0.2, 0) is 4.79 Å². The van der Waals surface area contributed by atoms with Crippen LogP contribution in [0.4, 0.5) is 15.8 Å². The number of nitrogens with zero attached hydrogens (tertiary/aromatic N) is 2. The number of carbonyl (C=O) groups excluding carboxylic acids is 2. The summed E-state index contributed by atoms with van der Waals surface area (Å²) in [6.07, 6.45) is 0. The lowest BCUT2D eigenvalue weighted by Crippen LogP contribution is -2.35. The zero-order valence-corrected chi connectivity index (χ0v) is 13.8. The molecule has 2 aromatic rings. The van der Waals surface area contributed by atoms with Crippen molar-refractivity contribution in [3.63, 3.8) is 0 Å². The van der Waals surface area contributed by atoms with Crippen LogP contribution in [0.2, 0.25) is 5.02 Å². The molecule has 0 saturated heterocycles. The molecular weight excluding hydrogens is 353 g/mol. The number of halogens is 2. The summed E-state index contributed by atoms with van der Waals surface area (Å²) in [6.45, 7) is -0.285. The number of likely N-dealkylation sites (N-methyl/N-ethyl adjacent to an activating group) is 1. The molecule has 0 aliphatic heterocycles. The molecule has 0 unspecified atom stereocenters. The summed E-state index contributed by atoms with van der Waals surface area (Å²) in [6, 6.07) is 9.21. The minimum atomic E-state index is -1.04. The number of nitrogens with one attached hydrogen (secondary N) is 1. The van der Waals surface area contributed by atoms with Crippen LogP contribution in [0, 0.1) is 15.9 Å². The Morgan fingerprint density at radius 1 is 1.24 bits per heavy atom. The van der Waals surface area contributed by atoms with Crippen LogP contribution in [0.15, 0.2) is 42.5 Å². The van der Waals surface area contributed by atoms with E-state index < -0.39 is 28.2 Å². The number of nitro benzene ring substituents is 1. The second kappa shape index (κ2) is 7.71. The number of amides is 2. The highest BCUT2D eigenvalue weighted by Gasteiger charge is 2.20. The third-order valence-corrected chi connectivity index (χ3v) is 3.50. The van der Waals surface area contributed by atoms with E-state index in [0.717, 1.165) is 23.1 Å². The Labute approximate surface area is 147 Å². The van der Waals surface area contributed by atoms with Gasteiger partial charge in [-0.05, 0) is 36.4 Å². The van der Waals surface area contributed by atoms with Gasteiger partial charge in [0.2, 0.25) is 11.7 Å². The molecule has 25 heavy (non-hydrogen) atoms. The summed E-state index contributed by atoms with van der Waals surface area (Å²) in [5, 5.41) is 13.8. The molecule has 0 saturated carbocycles. The molecule has 2 rings (SSSR count). The summed E-state index contributed by atoms with van der Waals surface area (Å²) in [5.41, 5.74) is -0.382. The van der Waals surface area contributed by atoms with Crippen molar-refractivity contribution in [3.8, 4) is 0 Å². The molecule has 2 aromatic carbocycles. The Kier molecular flexibility index (Phi) is 5.66. The second-order valence-electron chi connectivity index (χ2n) is 5.14. The molecule has 9 heteroatoms. The molecule has 0 fully saturated rings. The van der Waals surface area contributed by atoms with E-state index in [-0.39, 0.29) is 12.1 Å². The fraction of sp³-hybridized carbons (Fsp3) is 0.125. The number of anilines is 1. The zero-order chi connectivity index (χ0) is 18.6. The largest absolute Gasteiger partial charge is 0.332 e. The van der Waals surface area contributed by atoms with Gasteiger partial charge < -0.3 is 10.2 Å². The Morgan fingerprint density at radius 3 is 2.48 bits per heavy atom. The maximum atomic E-state index is 13.3. The van der Waals surface area contributed by atoms with Crippen molar-refractivity contribution in [2.24, 2.45) is 0 Å². The van der Waals surface area contributed by atoms with E-state index in [2.05, 4.69) is 5.32 Å². The normalized spacial score (nSPS) is 10.2. The van der Waals surface area contributed by atoms with Crippen molar-refractivity contribution in [1.82, 2.24) is 4.90 Å². The van der Waals surface area contributed by atoms with Gasteiger partial charge in [-0.1, -0.05) is 11.6 Å². The van der Waals surface area contributed by atoms with Gasteiger partial charge >= 0.3 is 5.69 Å². The van der Waals surface area contributed by atoms with Crippen molar-refractivity contribution in [2.45, 2.75) is 0 Å². The molecule has 2 amide bonds. The van der Waals surface area contributed by atoms with Crippen LogP contribution in [-0.4, -0.2) is 35.2 Å². The Hall–Kier alpha value is -3.00. The molecule has 0 radical (unpaired) electrons. The molecule has 0 atom stereocenters. The topological polar surface area (TPSA) is 92.6 Å². The van der Waals surface area contributed by atoms with E-state index in [1.54, 1.807) is 24.3 Å². The SMILES string of the molecule is CN(CC(=O)Nc1ccc(Cl)cc1)C(=O)c1ccc(F)c([N+](=O)[O-])c1. The molecule has 7 nitrogen and oxygen atoms in total. The van der Waals surface area contributed by atoms with Gasteiger partial charge in [-0.2, -0.15) is 4.39 Å². The average molecular weight is 366 g/mol. The Balaban J connectivity index is 2.04. The first-order valence-electron chi connectivity index (χ1n) is 7.02. The maximum absolute atomic E-state index is 13.3. The van der Waals surface area contributed by atoms with Gasteiger partial charge in [-0.15, -0.1) is 0 Å². The number of carbonyl (C=O) groups is 2. The van der Waals surface area contributed by atoms with Crippen molar-refractivity contribution >= 4 is 34.8 Å². The van der Waals surface area contributed by atoms with Gasteiger partial charge in [0.25, 0.3) is 5.91 Å². The molecule has 0 bridgehead atoms. The lowest BCUT2D eigenvalue weighted by Gasteiger charge is -2.17. The van der Waals surface area contributed by atoms with Crippen molar-refractivity contribution in [2.75, 3.05) is 18.9 Å². The van der Waals surface area contributed by atoms with Crippen molar-refractivity contribution in [1.29, 1.82) is 0 Å². The van der Waals surface area contributed by atoms with Crippen molar-refractivity contribution in [3.05, 3.63) is 69.0 Å². The molecule has 0 aliphatic rings. The first kappa shape index (κ1) is 18.3. The van der Waals surface area contributed by atoms with E-state index in [0.29, 0.717) is 10.7 Å². The highest BCUT2D eigenvalue weighted by atomic mass is 35.5. The molecule has 0 spiro atoms. The fourth-order valence-corrected chi connectivity index (χ4v) is 2.15. The Bertz CT molecular complexity index is 827. The zero-order valence-electron chi connectivity index (χ0n) is 13.0. The number of rotatable bonds is 5. The minimum absolute atomic E-state index is 0.0881. The first-order chi connectivity index (χ1) is 11.8. The van der Waals surface area contributed by atoms with Gasteiger partial charge in [-0.25, -0.2) is 0 Å². The second-order valence-corrected chi connectivity index (χ2v) is 5.58. The summed E-state index contributed by atoms with van der Waals surface area (Å²) in [7, 11) is 1.36. The monoisotopic (exact) mass is 365 g/mol. The van der Waals surface area contributed by atoms with E-state index in [1.807, 2.05) is 0 Å². The predicted octanol–water partition coefficient (Wildman–Crippen LogP) is 3.10. The molecule has 0 aromatic heterocycles. The van der Waals surface area contributed by atoms with Crippen molar-refractivity contribution < 1.29 is 18.9 Å². The van der Waals surface area contributed by atoms with E-state index >= 15 is 0 Å². The molecule has 0 aliphatic carbocycles. The number of nitro groups is 1. The van der Waals surface area contributed by atoms with Crippen LogP contribution >= 0.6 is 11.6 Å². The third-order valence-electron chi connectivity index (χ3n) is 3.25. The quantitative estimate of drug-likeness (QED) is 0.651. The number of hydrogen-bond donors (Lipinski definition) is 1. The highest BCUT2D eigenvalue weighted by Crippen LogP contribution is 2.19. The van der Waals surface area contributed by atoms with Gasteiger partial charge in [-0.3, -0.25) is 19.7 Å². The molecule has 130 valence electrons. The van der Waals surface area contributed by atoms with Crippen LogP contribution in [0.1, 0.15) is 10.4 Å². The molecule has 0 heterocycles. The highest BCUT2D eigenvalue weighted by molar-refractivity contribution is 6.30. The minimum Gasteiger partial charge on any atom is -0.332 e. The van der Waals surface area contributed by atoms with Gasteiger partial charge in [0.15, 0.2) is 0 Å². The fourth-order valence-electron chi connectivity index (χ4n) is 2.03. The van der Waals surface area contributed by atoms with E-state index in [4.69, 9.17) is 11.6 Å². The summed E-state index contributed by atoms with van der Waals surface area (Å²) < 4.78 is 13.3. The maximum Gasteiger partial charge on any atom is 0.305 e. The average Bonchev–Trinajstić information content (AvgIpc) is 2.56. The summed E-state index contributed by atoms with van der Waals surface area (Å²) in [4.78, 5) is 35.1. The standard InChI is InChI=1S/C16H13ClFN3O4/c1-20(9-15(22)19-12-5-3-11(17)4-6-12)16(23)10-2-7-13(18)14(8-10)21(24)25/h2-8H,9H2,1H3,(H,19,22). The van der Waals surface area contributed by atoms with E-state index in [9.17, 15) is 24.1 Å². The lowest BCUT2D eigenvalue weighted by molar-refractivity contribution is -0.387. The van der Waals surface area contributed by atoms with Gasteiger partial charge in [0, 0.05) is 29.4 Å². The van der Waals surface area contributed by atoms with Gasteiger partial charge in [0.1, 0.15) is 0 Å². The van der Waals surface area contributed by atoms with Crippen LogP contribution in [0.3, 0.4) is 0 Å². The smallest absolute Gasteiger partial charge is 0.305 e. The third kappa shape index (κ3) is 4.74. The van der Waals surface area contributed by atoms with Crippen LogP contribution in [0.25, 0.3) is 0 Å². The van der Waals surface area contributed by atoms with Crippen LogP contribution < -0.4 is 5.32 Å². The summed E-state index contributed by atoms with van der Waals surface area (Å²) >= 11 is 5.75. The summed E-state index contributed by atoms with van der Waals surface area (Å²) in [5.74, 6) is -2.14. The first-order valence-corrected chi connectivity index (χ1v) is 7.40. The van der Waals surface area contributed by atoms with E-state index in [1.165, 1.54) is 7.05 Å². The lowest BCUT2D eigenvalue weighted by atomic mass is 10.1. The number of hydrogen-bond acceptors (Lipinski definition) is 4. The van der Waals surface area contributed by atoms with Crippen LogP contribution in [0.5, 0.6) is 0 Å². The predicted molar refractivity (Wildman–Crippen MR) is 90.1 cm³/mol. The number of benzene rings is 2. The molecule has 1 N–H and O–H groups in total. The Morgan fingerprint density at radius 2 is 1.88 bits per heavy atom.